The van der Waals surface area contributed by atoms with Gasteiger partial charge in [-0.05, 0) is 17.5 Å². The van der Waals surface area contributed by atoms with Crippen LogP contribution in [0.15, 0.2) is 30.5 Å². The number of aryl methyl sites for hydroxylation is 1. The van der Waals surface area contributed by atoms with Crippen molar-refractivity contribution in [3.05, 3.63) is 53.5 Å². The van der Waals surface area contributed by atoms with E-state index >= 15 is 0 Å². The number of halogens is 1. The van der Waals surface area contributed by atoms with Crippen molar-refractivity contribution in [1.82, 2.24) is 34.6 Å². The number of fused-ring (bicyclic) bond motifs is 1. The van der Waals surface area contributed by atoms with Gasteiger partial charge in [0.05, 0.1) is 11.8 Å². The number of aliphatic hydroxyl groups excluding tert-OH is 1. The molecule has 3 aromatic heterocycles. The molecule has 0 aliphatic rings. The van der Waals surface area contributed by atoms with Gasteiger partial charge in [-0.15, -0.1) is 10.2 Å². The molecule has 0 aliphatic heterocycles. The van der Waals surface area contributed by atoms with E-state index < -0.39 is 5.82 Å². The van der Waals surface area contributed by atoms with Crippen LogP contribution in [0.25, 0.3) is 17.0 Å². The second-order valence-electron chi connectivity index (χ2n) is 7.89. The number of benzene rings is 1. The minimum Gasteiger partial charge on any atom is -0.481 e. The van der Waals surface area contributed by atoms with Crippen LogP contribution in [0.1, 0.15) is 38.0 Å². The number of ether oxygens (including phenoxy) is 1. The van der Waals surface area contributed by atoms with Crippen LogP contribution in [0.5, 0.6) is 5.75 Å². The molecule has 1 aromatic carbocycles. The molecule has 0 bridgehead atoms. The molecule has 0 fully saturated rings. The van der Waals surface area contributed by atoms with Gasteiger partial charge in [0.15, 0.2) is 23.2 Å². The molecule has 156 valence electrons. The Balaban J connectivity index is 1.81. The Morgan fingerprint density at radius 3 is 2.60 bits per heavy atom. The molecule has 4 rings (SSSR count). The summed E-state index contributed by atoms with van der Waals surface area (Å²) < 4.78 is 23.5. The minimum absolute atomic E-state index is 0.105. The lowest BCUT2D eigenvalue weighted by atomic mass is 9.88. The Hall–Kier alpha value is -3.40. The quantitative estimate of drug-likeness (QED) is 0.538. The van der Waals surface area contributed by atoms with Crippen LogP contribution in [0, 0.1) is 5.82 Å². The van der Waals surface area contributed by atoms with Crippen LogP contribution in [0.2, 0.25) is 0 Å². The van der Waals surface area contributed by atoms with E-state index in [-0.39, 0.29) is 24.5 Å². The van der Waals surface area contributed by atoms with Crippen molar-refractivity contribution >= 4 is 5.65 Å². The van der Waals surface area contributed by atoms with E-state index in [1.807, 2.05) is 20.8 Å². The van der Waals surface area contributed by atoms with Crippen molar-refractivity contribution < 1.29 is 14.2 Å². The third kappa shape index (κ3) is 3.50. The first-order valence-electron chi connectivity index (χ1n) is 9.42. The van der Waals surface area contributed by atoms with E-state index in [9.17, 15) is 9.50 Å². The van der Waals surface area contributed by atoms with Gasteiger partial charge >= 0.3 is 0 Å². The lowest BCUT2D eigenvalue weighted by Crippen LogP contribution is -2.16. The van der Waals surface area contributed by atoms with Crippen LogP contribution in [0.3, 0.4) is 0 Å². The number of hydrogen-bond acceptors (Lipinski definition) is 7. The van der Waals surface area contributed by atoms with Crippen LogP contribution in [-0.2, 0) is 25.7 Å². The minimum atomic E-state index is -0.411. The van der Waals surface area contributed by atoms with Crippen LogP contribution >= 0.6 is 0 Å². The lowest BCUT2D eigenvalue weighted by Gasteiger charge is -2.22. The smallest absolute Gasteiger partial charge is 0.220 e. The molecular weight excluding hydrogens is 389 g/mol. The highest BCUT2D eigenvalue weighted by Crippen LogP contribution is 2.35. The van der Waals surface area contributed by atoms with Gasteiger partial charge in [-0.2, -0.15) is 14.7 Å². The molecule has 9 nitrogen and oxygen atoms in total. The third-order valence-electron chi connectivity index (χ3n) is 4.70. The van der Waals surface area contributed by atoms with E-state index in [1.165, 1.54) is 10.6 Å². The second-order valence-corrected chi connectivity index (χ2v) is 7.89. The predicted molar refractivity (Wildman–Crippen MR) is 106 cm³/mol. The summed E-state index contributed by atoms with van der Waals surface area (Å²) in [7, 11) is 1.73. The van der Waals surface area contributed by atoms with Gasteiger partial charge in [0.2, 0.25) is 5.65 Å². The lowest BCUT2D eigenvalue weighted by molar-refractivity contribution is 0.270. The highest BCUT2D eigenvalue weighted by Gasteiger charge is 2.26. The van der Waals surface area contributed by atoms with Crippen LogP contribution in [0.4, 0.5) is 4.39 Å². The highest BCUT2D eigenvalue weighted by atomic mass is 19.1. The summed E-state index contributed by atoms with van der Waals surface area (Å²) in [6.07, 6.45) is 1.69. The van der Waals surface area contributed by atoms with Crippen molar-refractivity contribution in [2.45, 2.75) is 39.4 Å². The summed E-state index contributed by atoms with van der Waals surface area (Å²) in [4.78, 5) is 4.25. The Bertz CT molecular complexity index is 1210. The second kappa shape index (κ2) is 7.45. The Morgan fingerprint density at radius 2 is 1.93 bits per heavy atom. The Labute approximate surface area is 172 Å². The first-order chi connectivity index (χ1) is 14.3. The normalized spacial score (nSPS) is 11.9. The average Bonchev–Trinajstić information content (AvgIpc) is 3.29. The third-order valence-corrected chi connectivity index (χ3v) is 4.70. The molecule has 0 spiro atoms. The van der Waals surface area contributed by atoms with Gasteiger partial charge in [0, 0.05) is 12.6 Å². The molecule has 1 N–H and O–H groups in total. The van der Waals surface area contributed by atoms with Crippen molar-refractivity contribution in [2.75, 3.05) is 0 Å². The maximum atomic E-state index is 14.3. The number of nitrogens with zero attached hydrogens (tertiary/aromatic N) is 7. The van der Waals surface area contributed by atoms with Crippen molar-refractivity contribution in [3.8, 4) is 17.1 Å². The van der Waals surface area contributed by atoms with Gasteiger partial charge < -0.3 is 9.84 Å². The molecule has 0 saturated heterocycles. The average molecular weight is 411 g/mol. The van der Waals surface area contributed by atoms with E-state index in [4.69, 9.17) is 4.74 Å². The molecule has 0 atom stereocenters. The number of aliphatic hydroxyl groups is 1. The summed E-state index contributed by atoms with van der Waals surface area (Å²) in [6, 6.07) is 6.34. The molecule has 0 aliphatic carbocycles. The van der Waals surface area contributed by atoms with Gasteiger partial charge in [-0.3, -0.25) is 0 Å². The fraction of sp³-hybridized carbons (Fsp3) is 0.350. The zero-order chi connectivity index (χ0) is 21.5. The maximum absolute atomic E-state index is 14.3. The molecule has 0 radical (unpaired) electrons. The number of hydrogen-bond donors (Lipinski definition) is 1. The maximum Gasteiger partial charge on any atom is 0.220 e. The Kier molecular flexibility index (Phi) is 4.94. The molecule has 30 heavy (non-hydrogen) atoms. The SMILES string of the molecule is Cn1nc(CO)nc1COc1c(C(C)(C)C)cnn2c(-c3ccccc3F)nnc12. The van der Waals surface area contributed by atoms with Crippen molar-refractivity contribution in [3.63, 3.8) is 0 Å². The highest BCUT2D eigenvalue weighted by molar-refractivity contribution is 5.65. The van der Waals surface area contributed by atoms with Crippen molar-refractivity contribution in [2.24, 2.45) is 7.05 Å². The van der Waals surface area contributed by atoms with Crippen LogP contribution < -0.4 is 4.74 Å². The molecule has 3 heterocycles. The van der Waals surface area contributed by atoms with Gasteiger partial charge in [-0.25, -0.2) is 14.1 Å². The monoisotopic (exact) mass is 411 g/mol. The van der Waals surface area contributed by atoms with E-state index in [2.05, 4.69) is 25.4 Å². The largest absolute Gasteiger partial charge is 0.481 e. The summed E-state index contributed by atoms with van der Waals surface area (Å²) in [5.74, 6) is 1.22. The van der Waals surface area contributed by atoms with Crippen LogP contribution in [-0.4, -0.2) is 39.7 Å². The molecular formula is C20H22FN7O2. The molecule has 10 heteroatoms. The van der Waals surface area contributed by atoms with E-state index in [1.54, 1.807) is 36.1 Å². The zero-order valence-corrected chi connectivity index (χ0v) is 17.2. The van der Waals surface area contributed by atoms with Gasteiger partial charge in [0.25, 0.3) is 0 Å². The van der Waals surface area contributed by atoms with Crippen molar-refractivity contribution in [1.29, 1.82) is 0 Å². The zero-order valence-electron chi connectivity index (χ0n) is 17.2. The fourth-order valence-corrected chi connectivity index (χ4v) is 3.12. The number of rotatable bonds is 5. The molecule has 4 aromatic rings. The van der Waals surface area contributed by atoms with E-state index in [0.29, 0.717) is 28.6 Å². The molecule has 0 unspecified atom stereocenters. The first-order valence-corrected chi connectivity index (χ1v) is 9.42. The molecule has 0 saturated carbocycles. The van der Waals surface area contributed by atoms with Gasteiger partial charge in [-0.1, -0.05) is 32.9 Å². The summed E-state index contributed by atoms with van der Waals surface area (Å²) in [6.45, 7) is 5.96. The summed E-state index contributed by atoms with van der Waals surface area (Å²) in [5, 5.41) is 26.2. The number of aromatic nitrogens is 7. The molecule has 0 amide bonds. The predicted octanol–water partition coefficient (Wildman–Crippen LogP) is 2.43. The van der Waals surface area contributed by atoms with E-state index in [0.717, 1.165) is 5.56 Å². The topological polar surface area (TPSA) is 103 Å². The standard InChI is InChI=1S/C20H22FN7O2/c1-20(2,3)13-9-22-28-18(12-7-5-6-8-14(12)21)24-25-19(28)17(13)30-11-16-23-15(10-29)26-27(16)4/h5-9,29H,10-11H2,1-4H3. The summed E-state index contributed by atoms with van der Waals surface area (Å²) in [5.41, 5.74) is 1.22. The first kappa shape index (κ1) is 19.9. The Morgan fingerprint density at radius 1 is 1.17 bits per heavy atom. The van der Waals surface area contributed by atoms with Gasteiger partial charge in [0.1, 0.15) is 19.0 Å². The summed E-state index contributed by atoms with van der Waals surface area (Å²) >= 11 is 0. The fourth-order valence-electron chi connectivity index (χ4n) is 3.12.